The molecule has 0 N–H and O–H groups in total. The molecule has 30 heteroatoms. The van der Waals surface area contributed by atoms with E-state index in [-0.39, 0.29) is 110 Å². The molecule has 0 radical (unpaired) electrons. The van der Waals surface area contributed by atoms with Crippen LogP contribution in [0.5, 0.6) is 17.2 Å². The summed E-state index contributed by atoms with van der Waals surface area (Å²) in [5.74, 6) is -0.645. The van der Waals surface area contributed by atoms with E-state index in [1.54, 1.807) is 50.4 Å². The van der Waals surface area contributed by atoms with Gasteiger partial charge in [0, 0.05) is 177 Å². The predicted octanol–water partition coefficient (Wildman–Crippen LogP) is 20.7. The van der Waals surface area contributed by atoms with E-state index in [0.29, 0.717) is 143 Å². The summed E-state index contributed by atoms with van der Waals surface area (Å²) in [6.07, 6.45) is 10.5. The van der Waals surface area contributed by atoms with E-state index in [1.807, 2.05) is 106 Å². The summed E-state index contributed by atoms with van der Waals surface area (Å²) in [5, 5.41) is 63.4. The zero-order chi connectivity index (χ0) is 97.6. The molecule has 19 rings (SSSR count). The number of hydrogen-bond acceptors (Lipinski definition) is 24. The molecule has 708 valence electrons. The van der Waals surface area contributed by atoms with Crippen molar-refractivity contribution in [1.82, 2.24) is 45.0 Å². The molecule has 0 bridgehead atoms. The van der Waals surface area contributed by atoms with E-state index in [0.717, 1.165) is 84.3 Å². The van der Waals surface area contributed by atoms with Crippen molar-refractivity contribution in [2.75, 3.05) is 14.7 Å². The van der Waals surface area contributed by atoms with Crippen LogP contribution >= 0.6 is 0 Å². The molecule has 138 heavy (non-hydrogen) atoms. The van der Waals surface area contributed by atoms with Gasteiger partial charge in [-0.05, 0) is 215 Å². The van der Waals surface area contributed by atoms with E-state index < -0.39 is 65.0 Å². The summed E-state index contributed by atoms with van der Waals surface area (Å²) in [5.41, 5.74) is 17.3. The average molecular weight is 1860 g/mol. The number of Topliss-reactive ketones (excluding diaryl/α,β-unsaturated/α-hetero) is 6. The molecule has 0 atom stereocenters. The zero-order valence-electron chi connectivity index (χ0n) is 80.4. The lowest BCUT2D eigenvalue weighted by molar-refractivity contribution is -0.385. The smallest absolute Gasteiger partial charge is 0.269 e. The standard InChI is InChI=1S/C108H111N15O15/c1-61-79(55-115-52-67(109-112-115)58-136-76-34-16-64(17-35-76)94-97-82(40-103(4,5)46-88(97)124)118(70-22-28-73(29-23-70)121(130)131)83-41-104(6,7)47-89(125)98(83)94)62(2)81(57-117-54-69(111-114-117)60-138-78-38-20-66(21-39-78)96-101-86(44-107(12,13)50-92(101)128)120(72-26-32-75(33-27-72)123(134)135)87-45-108(14,15)51-93(129)102(87)96)63(3)80(61)56-116-53-68(110-113-116)59-137-77-36-18-65(19-37-77)95-99-84(42-105(8,9)48-90(99)126)119(71-24-30-74(31-25-71)122(132)133)85-43-106(10,11)49-91(127)100(85)95/h16-39,52-54,94-96H,40-51,55-60H2,1-15H3. The Hall–Kier alpha value is -14.6. The van der Waals surface area contributed by atoms with Gasteiger partial charge in [0.1, 0.15) is 54.2 Å². The highest BCUT2D eigenvalue weighted by molar-refractivity contribution is 6.11. The molecule has 3 aliphatic heterocycles. The average Bonchev–Trinajstić information content (AvgIpc) is 0.989. The van der Waals surface area contributed by atoms with Crippen LogP contribution in [0.1, 0.15) is 245 Å². The van der Waals surface area contributed by atoms with Crippen LogP contribution in [0.25, 0.3) is 0 Å². The number of hydrogen-bond donors (Lipinski definition) is 0. The first kappa shape index (κ1) is 92.5. The van der Waals surface area contributed by atoms with Crippen LogP contribution in [0.3, 0.4) is 0 Å². The largest absolute Gasteiger partial charge is 0.487 e. The Kier molecular flexibility index (Phi) is 23.2. The molecule has 9 aliphatic rings. The first-order valence-electron chi connectivity index (χ1n) is 47.1. The minimum atomic E-state index is -0.648. The van der Waals surface area contributed by atoms with Crippen molar-refractivity contribution >= 4 is 68.8 Å². The Morgan fingerprint density at radius 3 is 0.681 bits per heavy atom. The lowest BCUT2D eigenvalue weighted by Crippen LogP contribution is -2.44. The van der Waals surface area contributed by atoms with Gasteiger partial charge in [-0.15, -0.1) is 15.3 Å². The highest BCUT2D eigenvalue weighted by Gasteiger charge is 2.54. The molecule has 0 fully saturated rings. The number of non-ortho nitro benzene ring substituents is 3. The van der Waals surface area contributed by atoms with E-state index in [1.165, 1.54) is 36.4 Å². The summed E-state index contributed by atoms with van der Waals surface area (Å²) in [6.45, 7) is 32.1. The number of aromatic nitrogens is 9. The number of carbonyl (C=O) groups is 6. The Bertz CT molecular complexity index is 6170. The number of nitrogens with zero attached hydrogens (tertiary/aromatic N) is 15. The first-order valence-corrected chi connectivity index (χ1v) is 47.1. The number of benzene rings is 7. The molecule has 0 spiro atoms. The Morgan fingerprint density at radius 1 is 0.297 bits per heavy atom. The fourth-order valence-corrected chi connectivity index (χ4v) is 22.8. The van der Waals surface area contributed by atoms with Crippen molar-refractivity contribution in [2.45, 2.75) is 238 Å². The van der Waals surface area contributed by atoms with E-state index in [9.17, 15) is 59.1 Å². The maximum absolute atomic E-state index is 14.8. The monoisotopic (exact) mass is 1860 g/mol. The van der Waals surface area contributed by atoms with Crippen LogP contribution in [0, 0.1) is 83.6 Å². The maximum Gasteiger partial charge on any atom is 0.269 e. The zero-order valence-corrected chi connectivity index (χ0v) is 80.4. The van der Waals surface area contributed by atoms with Crippen LogP contribution in [-0.2, 0) is 68.2 Å². The van der Waals surface area contributed by atoms with Gasteiger partial charge in [0.15, 0.2) is 34.7 Å². The van der Waals surface area contributed by atoms with Crippen molar-refractivity contribution in [3.05, 3.63) is 329 Å². The maximum atomic E-state index is 14.8. The fraction of sp³-hybridized carbons (Fsp3) is 0.389. The van der Waals surface area contributed by atoms with Crippen LogP contribution in [-0.4, -0.2) is 94.5 Å². The molecular weight excluding hydrogens is 1750 g/mol. The number of nitro benzene ring substituents is 3. The molecule has 0 amide bonds. The molecule has 10 aromatic rings. The van der Waals surface area contributed by atoms with Gasteiger partial charge in [0.05, 0.1) is 53.0 Å². The summed E-state index contributed by atoms with van der Waals surface area (Å²) in [6, 6.07) is 41.6. The number of anilines is 3. The number of carbonyl (C=O) groups excluding carboxylic acids is 6. The van der Waals surface area contributed by atoms with E-state index in [2.05, 4.69) is 135 Å². The molecule has 0 unspecified atom stereocenters. The quantitative estimate of drug-likeness (QED) is 0.0400. The van der Waals surface area contributed by atoms with Gasteiger partial charge >= 0.3 is 0 Å². The lowest BCUT2D eigenvalue weighted by atomic mass is 9.63. The van der Waals surface area contributed by atoms with Crippen LogP contribution in [0.2, 0.25) is 0 Å². The van der Waals surface area contributed by atoms with Crippen molar-refractivity contribution in [1.29, 1.82) is 0 Å². The first-order chi connectivity index (χ1) is 65.4. The van der Waals surface area contributed by atoms with Crippen molar-refractivity contribution in [3.63, 3.8) is 0 Å². The second-order valence-corrected chi connectivity index (χ2v) is 43.5. The predicted molar refractivity (Wildman–Crippen MR) is 516 cm³/mol. The van der Waals surface area contributed by atoms with Crippen molar-refractivity contribution in [3.8, 4) is 17.2 Å². The summed E-state index contributed by atoms with van der Waals surface area (Å²) in [7, 11) is 0. The molecule has 6 heterocycles. The molecular formula is C108H111N15O15. The summed E-state index contributed by atoms with van der Waals surface area (Å²) in [4.78, 5) is 129. The van der Waals surface area contributed by atoms with Gasteiger partial charge < -0.3 is 28.9 Å². The lowest BCUT2D eigenvalue weighted by Gasteiger charge is -2.49. The SMILES string of the molecule is Cc1c(Cn2cc(COc3ccc(C4C5=C(CC(C)(C)CC5=O)N(c5ccc([N+](=O)[O-])cc5)C5=C4C(=O)CC(C)(C)C5)cc3)nn2)c(C)c(Cn2cc(COc3ccc(C4C5=C(CC(C)(C)CC5=O)N(c5ccc([N+](=O)[O-])cc5)C5=C4C(=O)CC(C)(C)C5)cc3)nn2)c(C)c1Cn1cc(COc2ccc(C3C4=C(CC(C)(C)CC4=O)N(c4ccc([N+](=O)[O-])cc4)C4=C3C(=O)CC(C)(C)C4)cc2)nn1. The van der Waals surface area contributed by atoms with Gasteiger partial charge in [0.25, 0.3) is 17.1 Å². The van der Waals surface area contributed by atoms with E-state index >= 15 is 0 Å². The Morgan fingerprint density at radius 2 is 0.493 bits per heavy atom. The van der Waals surface area contributed by atoms with Gasteiger partial charge in [-0.25, -0.2) is 14.0 Å². The van der Waals surface area contributed by atoms with E-state index in [4.69, 9.17) is 14.2 Å². The van der Waals surface area contributed by atoms with Crippen molar-refractivity contribution in [2.24, 2.45) is 32.5 Å². The highest BCUT2D eigenvalue weighted by Crippen LogP contribution is 2.61. The second-order valence-electron chi connectivity index (χ2n) is 43.5. The fourth-order valence-electron chi connectivity index (χ4n) is 22.8. The van der Waals surface area contributed by atoms with Gasteiger partial charge in [-0.2, -0.15) is 0 Å². The summed E-state index contributed by atoms with van der Waals surface area (Å²) < 4.78 is 24.8. The molecule has 3 aromatic heterocycles. The Balaban J connectivity index is 0.589. The Labute approximate surface area is 799 Å². The van der Waals surface area contributed by atoms with Gasteiger partial charge in [-0.3, -0.25) is 59.1 Å². The minimum absolute atomic E-state index is 0.0477. The number of allylic oxidation sites excluding steroid dienone is 12. The van der Waals surface area contributed by atoms with Crippen LogP contribution in [0.4, 0.5) is 34.1 Å². The number of nitro groups is 3. The van der Waals surface area contributed by atoms with Crippen LogP contribution < -0.4 is 28.9 Å². The molecule has 0 saturated heterocycles. The second kappa shape index (κ2) is 34.6. The third-order valence-corrected chi connectivity index (χ3v) is 28.9. The molecule has 30 nitrogen and oxygen atoms in total. The molecule has 6 aliphatic carbocycles. The molecule has 0 saturated carbocycles. The van der Waals surface area contributed by atoms with Crippen LogP contribution in [0.15, 0.2) is 232 Å². The van der Waals surface area contributed by atoms with Gasteiger partial charge in [-0.1, -0.05) is 135 Å². The molecule has 7 aromatic carbocycles. The highest BCUT2D eigenvalue weighted by atomic mass is 16.6. The number of ketones is 6. The third-order valence-electron chi connectivity index (χ3n) is 28.9. The third kappa shape index (κ3) is 17.7. The minimum Gasteiger partial charge on any atom is -0.487 e. The topological polar surface area (TPSA) is 361 Å². The number of rotatable bonds is 24. The summed E-state index contributed by atoms with van der Waals surface area (Å²) >= 11 is 0. The van der Waals surface area contributed by atoms with Crippen molar-refractivity contribution < 1.29 is 57.7 Å². The number of ether oxygens (including phenoxy) is 3. The normalized spacial score (nSPS) is 19.5. The van der Waals surface area contributed by atoms with Gasteiger partial charge in [0.2, 0.25) is 0 Å².